The zero-order valence-corrected chi connectivity index (χ0v) is 13.1. The average molecular weight is 307 g/mol. The summed E-state index contributed by atoms with van der Waals surface area (Å²) < 4.78 is 0. The first kappa shape index (κ1) is 14.7. The van der Waals surface area contributed by atoms with Crippen LogP contribution >= 0.6 is 11.8 Å². The predicted octanol–water partition coefficient (Wildman–Crippen LogP) is 4.96. The molecule has 0 aliphatic rings. The van der Waals surface area contributed by atoms with Crippen molar-refractivity contribution in [2.75, 3.05) is 5.32 Å². The van der Waals surface area contributed by atoms with Gasteiger partial charge in [-0.25, -0.2) is 0 Å². The van der Waals surface area contributed by atoms with E-state index in [0.717, 1.165) is 21.4 Å². The lowest BCUT2D eigenvalue weighted by Crippen LogP contribution is -2.22. The fraction of sp³-hybridized carbons (Fsp3) is 0.105. The maximum atomic E-state index is 12.4. The summed E-state index contributed by atoms with van der Waals surface area (Å²) in [7, 11) is 0. The minimum absolute atomic E-state index is 0.0187. The minimum atomic E-state index is -0.152. The molecular formula is C19H17NOS. The highest BCUT2D eigenvalue weighted by Crippen LogP contribution is 2.26. The van der Waals surface area contributed by atoms with Crippen LogP contribution in [0.25, 0.3) is 10.8 Å². The summed E-state index contributed by atoms with van der Waals surface area (Å²) in [5.41, 5.74) is 0.864. The SMILES string of the molecule is C[C@H](Sc1ccccc1)C(=O)Nc1cccc2ccccc12. The standard InChI is InChI=1S/C19H17NOS/c1-14(22-16-10-3-2-4-11-16)19(21)20-18-13-7-9-15-8-5-6-12-17(15)18/h2-14H,1H3,(H,20,21)/t14-/m0/s1. The van der Waals surface area contributed by atoms with Gasteiger partial charge in [-0.1, -0.05) is 54.6 Å². The molecule has 0 aromatic heterocycles. The van der Waals surface area contributed by atoms with Crippen molar-refractivity contribution in [2.45, 2.75) is 17.1 Å². The van der Waals surface area contributed by atoms with Crippen molar-refractivity contribution in [2.24, 2.45) is 0 Å². The van der Waals surface area contributed by atoms with E-state index in [1.165, 1.54) is 0 Å². The Hall–Kier alpha value is -2.26. The Morgan fingerprint density at radius 3 is 2.41 bits per heavy atom. The number of rotatable bonds is 4. The summed E-state index contributed by atoms with van der Waals surface area (Å²) in [6, 6.07) is 24.0. The number of carbonyl (C=O) groups excluding carboxylic acids is 1. The first-order valence-corrected chi connectivity index (χ1v) is 8.12. The van der Waals surface area contributed by atoms with E-state index in [9.17, 15) is 4.79 Å². The highest BCUT2D eigenvalue weighted by atomic mass is 32.2. The van der Waals surface area contributed by atoms with Gasteiger partial charge in [-0.15, -0.1) is 11.8 Å². The lowest BCUT2D eigenvalue weighted by Gasteiger charge is -2.13. The van der Waals surface area contributed by atoms with Crippen LogP contribution in [0.15, 0.2) is 77.7 Å². The van der Waals surface area contributed by atoms with Gasteiger partial charge in [0, 0.05) is 16.0 Å². The Balaban J connectivity index is 1.75. The third-order valence-corrected chi connectivity index (χ3v) is 4.58. The number of amides is 1. The smallest absolute Gasteiger partial charge is 0.237 e. The van der Waals surface area contributed by atoms with Gasteiger partial charge >= 0.3 is 0 Å². The molecule has 3 rings (SSSR count). The Kier molecular flexibility index (Phi) is 4.45. The van der Waals surface area contributed by atoms with Gasteiger partial charge in [0.05, 0.1) is 5.25 Å². The molecule has 3 aromatic carbocycles. The second-order valence-corrected chi connectivity index (χ2v) is 6.50. The van der Waals surface area contributed by atoms with E-state index in [4.69, 9.17) is 0 Å². The molecule has 0 spiro atoms. The van der Waals surface area contributed by atoms with Crippen LogP contribution in [0.1, 0.15) is 6.92 Å². The molecule has 0 fully saturated rings. The monoisotopic (exact) mass is 307 g/mol. The van der Waals surface area contributed by atoms with Crippen molar-refractivity contribution in [3.63, 3.8) is 0 Å². The highest BCUT2D eigenvalue weighted by Gasteiger charge is 2.15. The van der Waals surface area contributed by atoms with Crippen molar-refractivity contribution in [1.29, 1.82) is 0 Å². The van der Waals surface area contributed by atoms with Crippen molar-refractivity contribution in [1.82, 2.24) is 0 Å². The van der Waals surface area contributed by atoms with Gasteiger partial charge in [-0.2, -0.15) is 0 Å². The number of thioether (sulfide) groups is 1. The zero-order valence-electron chi connectivity index (χ0n) is 12.3. The molecule has 2 nitrogen and oxygen atoms in total. The van der Waals surface area contributed by atoms with E-state index in [0.29, 0.717) is 0 Å². The number of carbonyl (C=O) groups is 1. The molecule has 3 aromatic rings. The molecule has 0 aliphatic heterocycles. The number of anilines is 1. The summed E-state index contributed by atoms with van der Waals surface area (Å²) in [6.45, 7) is 1.93. The van der Waals surface area contributed by atoms with E-state index in [1.54, 1.807) is 11.8 Å². The zero-order chi connectivity index (χ0) is 15.4. The molecule has 110 valence electrons. The van der Waals surface area contributed by atoms with Gasteiger partial charge in [0.2, 0.25) is 5.91 Å². The van der Waals surface area contributed by atoms with E-state index >= 15 is 0 Å². The van der Waals surface area contributed by atoms with Gasteiger partial charge in [0.15, 0.2) is 0 Å². The third kappa shape index (κ3) is 3.31. The van der Waals surface area contributed by atoms with Crippen molar-refractivity contribution >= 4 is 34.1 Å². The molecule has 0 bridgehead atoms. The van der Waals surface area contributed by atoms with Crippen molar-refractivity contribution in [3.8, 4) is 0 Å². The quantitative estimate of drug-likeness (QED) is 0.690. The van der Waals surface area contributed by atoms with E-state index in [2.05, 4.69) is 5.32 Å². The predicted molar refractivity (Wildman–Crippen MR) is 94.3 cm³/mol. The molecule has 3 heteroatoms. The Labute approximate surface area is 134 Å². The van der Waals surface area contributed by atoms with Crippen LogP contribution in [-0.2, 0) is 4.79 Å². The fourth-order valence-corrected chi connectivity index (χ4v) is 3.21. The van der Waals surface area contributed by atoms with Gasteiger partial charge < -0.3 is 5.32 Å². The molecule has 0 saturated heterocycles. The molecule has 0 saturated carbocycles. The topological polar surface area (TPSA) is 29.1 Å². The molecule has 0 unspecified atom stereocenters. The molecule has 0 heterocycles. The first-order valence-electron chi connectivity index (χ1n) is 7.24. The van der Waals surface area contributed by atoms with Gasteiger partial charge in [-0.05, 0) is 30.5 Å². The molecule has 0 aliphatic carbocycles. The number of hydrogen-bond acceptors (Lipinski definition) is 2. The Bertz CT molecular complexity index is 780. The van der Waals surface area contributed by atoms with Crippen LogP contribution in [0, 0.1) is 0 Å². The molecule has 1 N–H and O–H groups in total. The van der Waals surface area contributed by atoms with Crippen LogP contribution in [0.5, 0.6) is 0 Å². The lowest BCUT2D eigenvalue weighted by atomic mass is 10.1. The fourth-order valence-electron chi connectivity index (χ4n) is 2.33. The van der Waals surface area contributed by atoms with Crippen LogP contribution in [0.2, 0.25) is 0 Å². The maximum absolute atomic E-state index is 12.4. The van der Waals surface area contributed by atoms with E-state index in [-0.39, 0.29) is 11.2 Å². The summed E-state index contributed by atoms with van der Waals surface area (Å²) in [5, 5.41) is 5.09. The van der Waals surface area contributed by atoms with Crippen LogP contribution < -0.4 is 5.32 Å². The Morgan fingerprint density at radius 1 is 0.909 bits per heavy atom. The van der Waals surface area contributed by atoms with Crippen LogP contribution in [0.3, 0.4) is 0 Å². The van der Waals surface area contributed by atoms with Crippen LogP contribution in [0.4, 0.5) is 5.69 Å². The highest BCUT2D eigenvalue weighted by molar-refractivity contribution is 8.00. The summed E-state index contributed by atoms with van der Waals surface area (Å²) in [6.07, 6.45) is 0. The Morgan fingerprint density at radius 2 is 1.59 bits per heavy atom. The molecule has 1 atom stereocenters. The number of hydrogen-bond donors (Lipinski definition) is 1. The minimum Gasteiger partial charge on any atom is -0.325 e. The second kappa shape index (κ2) is 6.67. The van der Waals surface area contributed by atoms with E-state index < -0.39 is 0 Å². The van der Waals surface area contributed by atoms with Gasteiger partial charge in [0.25, 0.3) is 0 Å². The van der Waals surface area contributed by atoms with Crippen molar-refractivity contribution in [3.05, 3.63) is 72.8 Å². The van der Waals surface area contributed by atoms with Crippen molar-refractivity contribution < 1.29 is 4.79 Å². The average Bonchev–Trinajstić information content (AvgIpc) is 2.56. The second-order valence-electron chi connectivity index (χ2n) is 5.09. The summed E-state index contributed by atoms with van der Waals surface area (Å²) in [5.74, 6) is 0.0187. The van der Waals surface area contributed by atoms with E-state index in [1.807, 2.05) is 79.7 Å². The molecule has 1 amide bonds. The number of benzene rings is 3. The third-order valence-electron chi connectivity index (χ3n) is 3.47. The van der Waals surface area contributed by atoms with Gasteiger partial charge in [0.1, 0.15) is 0 Å². The lowest BCUT2D eigenvalue weighted by molar-refractivity contribution is -0.115. The van der Waals surface area contributed by atoms with Crippen LogP contribution in [-0.4, -0.2) is 11.2 Å². The van der Waals surface area contributed by atoms with Gasteiger partial charge in [-0.3, -0.25) is 4.79 Å². The molecule has 0 radical (unpaired) electrons. The molecular weight excluding hydrogens is 290 g/mol. The summed E-state index contributed by atoms with van der Waals surface area (Å²) in [4.78, 5) is 13.5. The summed E-state index contributed by atoms with van der Waals surface area (Å²) >= 11 is 1.56. The normalized spacial score (nSPS) is 12.0. The largest absolute Gasteiger partial charge is 0.325 e. The maximum Gasteiger partial charge on any atom is 0.237 e. The molecule has 22 heavy (non-hydrogen) atoms. The first-order chi connectivity index (χ1) is 10.7. The number of fused-ring (bicyclic) bond motifs is 1. The number of nitrogens with one attached hydrogen (secondary N) is 1.